The molecule has 3 rings (SSSR count). The van der Waals surface area contributed by atoms with Gasteiger partial charge in [-0.2, -0.15) is 0 Å². The minimum absolute atomic E-state index is 0.0233. The summed E-state index contributed by atoms with van der Waals surface area (Å²) >= 11 is 5.84. The van der Waals surface area contributed by atoms with Crippen molar-refractivity contribution in [2.24, 2.45) is 7.05 Å². The van der Waals surface area contributed by atoms with Crippen LogP contribution < -0.4 is 9.46 Å². The van der Waals surface area contributed by atoms with Gasteiger partial charge < -0.3 is 9.30 Å². The Bertz CT molecular complexity index is 1190. The maximum atomic E-state index is 14.0. The lowest BCUT2D eigenvalue weighted by molar-refractivity contribution is 0.0977. The number of hydrogen-bond donors (Lipinski definition) is 1. The van der Waals surface area contributed by atoms with E-state index in [2.05, 4.69) is 4.98 Å². The molecule has 0 unspecified atom stereocenters. The minimum atomic E-state index is -4.36. The highest BCUT2D eigenvalue weighted by atomic mass is 35.5. The van der Waals surface area contributed by atoms with Gasteiger partial charge in [0, 0.05) is 18.3 Å². The molecule has 0 saturated carbocycles. The van der Waals surface area contributed by atoms with Crippen LogP contribution in [0.1, 0.15) is 10.5 Å². The van der Waals surface area contributed by atoms with Gasteiger partial charge >= 0.3 is 0 Å². The summed E-state index contributed by atoms with van der Waals surface area (Å²) in [5, 5.41) is 0.119. The van der Waals surface area contributed by atoms with E-state index >= 15 is 0 Å². The van der Waals surface area contributed by atoms with Crippen LogP contribution in [0.3, 0.4) is 0 Å². The highest BCUT2D eigenvalue weighted by Gasteiger charge is 2.26. The molecule has 152 valence electrons. The van der Waals surface area contributed by atoms with Crippen molar-refractivity contribution in [3.05, 3.63) is 64.9 Å². The molecule has 1 aromatic heterocycles. The van der Waals surface area contributed by atoms with E-state index in [1.54, 1.807) is 0 Å². The maximum Gasteiger partial charge on any atom is 0.285 e. The molecule has 2 aromatic carbocycles. The van der Waals surface area contributed by atoms with Gasteiger partial charge in [0.25, 0.3) is 15.9 Å². The Morgan fingerprint density at radius 1 is 1.21 bits per heavy atom. The van der Waals surface area contributed by atoms with Gasteiger partial charge in [0.1, 0.15) is 33.8 Å². The van der Waals surface area contributed by atoms with E-state index in [0.29, 0.717) is 0 Å². The summed E-state index contributed by atoms with van der Waals surface area (Å²) in [6, 6.07) is 7.16. The van der Waals surface area contributed by atoms with Crippen molar-refractivity contribution in [3.63, 3.8) is 0 Å². The van der Waals surface area contributed by atoms with Crippen molar-refractivity contribution in [2.45, 2.75) is 4.90 Å². The normalized spacial score (nSPS) is 11.3. The van der Waals surface area contributed by atoms with E-state index in [1.165, 1.54) is 36.9 Å². The molecule has 0 aliphatic heterocycles. The van der Waals surface area contributed by atoms with Crippen LogP contribution >= 0.6 is 11.6 Å². The van der Waals surface area contributed by atoms with Crippen LogP contribution in [0.4, 0.5) is 8.78 Å². The molecule has 0 saturated heterocycles. The standard InChI is InChI=1S/C18H14ClF2N3O4S/c1-24-9-13(22-17(24)16-11(20)4-3-5-12(16)21)18(25)23-29(26,27)15-8-10(19)6-7-14(15)28-2/h3-9H,1-2H3,(H,23,25). The predicted molar refractivity (Wildman–Crippen MR) is 101 cm³/mol. The van der Waals surface area contributed by atoms with E-state index in [4.69, 9.17) is 16.3 Å². The molecule has 3 aromatic rings. The van der Waals surface area contributed by atoms with Crippen LogP contribution in [-0.4, -0.2) is 31.0 Å². The van der Waals surface area contributed by atoms with Gasteiger partial charge in [0.2, 0.25) is 0 Å². The lowest BCUT2D eigenvalue weighted by atomic mass is 10.2. The van der Waals surface area contributed by atoms with Crippen molar-refractivity contribution < 1.29 is 26.7 Å². The second-order valence-corrected chi connectivity index (χ2v) is 7.97. The SMILES string of the molecule is COc1ccc(Cl)cc1S(=O)(=O)NC(=O)c1cn(C)c(-c2c(F)cccc2F)n1. The number of aromatic nitrogens is 2. The largest absolute Gasteiger partial charge is 0.495 e. The van der Waals surface area contributed by atoms with Gasteiger partial charge in [0.15, 0.2) is 0 Å². The minimum Gasteiger partial charge on any atom is -0.495 e. The molecule has 11 heteroatoms. The molecule has 1 amide bonds. The van der Waals surface area contributed by atoms with Gasteiger partial charge in [-0.25, -0.2) is 26.9 Å². The fourth-order valence-corrected chi connectivity index (χ4v) is 4.00. The molecule has 1 N–H and O–H groups in total. The third-order valence-corrected chi connectivity index (χ3v) is 5.52. The van der Waals surface area contributed by atoms with Crippen molar-refractivity contribution in [1.82, 2.24) is 14.3 Å². The number of rotatable bonds is 5. The molecule has 0 atom stereocenters. The quantitative estimate of drug-likeness (QED) is 0.657. The molecule has 0 spiro atoms. The van der Waals surface area contributed by atoms with Crippen molar-refractivity contribution >= 4 is 27.5 Å². The number of imidazole rings is 1. The molecular weight excluding hydrogens is 428 g/mol. The summed E-state index contributed by atoms with van der Waals surface area (Å²) < 4.78 is 61.3. The Morgan fingerprint density at radius 3 is 2.48 bits per heavy atom. The average molecular weight is 442 g/mol. The zero-order valence-electron chi connectivity index (χ0n) is 15.1. The Morgan fingerprint density at radius 2 is 1.86 bits per heavy atom. The number of carbonyl (C=O) groups excluding carboxylic acids is 1. The number of nitrogens with one attached hydrogen (secondary N) is 1. The van der Waals surface area contributed by atoms with Crippen molar-refractivity contribution in [3.8, 4) is 17.1 Å². The first-order valence-corrected chi connectivity index (χ1v) is 9.88. The first kappa shape index (κ1) is 20.7. The summed E-state index contributed by atoms with van der Waals surface area (Å²) in [6.07, 6.45) is 1.15. The Kier molecular flexibility index (Phi) is 5.58. The molecule has 0 bridgehead atoms. The van der Waals surface area contributed by atoms with Gasteiger partial charge in [-0.05, 0) is 30.3 Å². The number of ether oxygens (including phenoxy) is 1. The summed E-state index contributed by atoms with van der Waals surface area (Å²) in [4.78, 5) is 16.0. The highest BCUT2D eigenvalue weighted by molar-refractivity contribution is 7.90. The molecule has 0 radical (unpaired) electrons. The number of carbonyl (C=O) groups is 1. The highest BCUT2D eigenvalue weighted by Crippen LogP contribution is 2.28. The molecule has 7 nitrogen and oxygen atoms in total. The number of halogens is 3. The summed E-state index contributed by atoms with van der Waals surface area (Å²) in [5.74, 6) is -3.04. The number of amides is 1. The smallest absolute Gasteiger partial charge is 0.285 e. The van der Waals surface area contributed by atoms with Crippen LogP contribution in [0.2, 0.25) is 5.02 Å². The predicted octanol–water partition coefficient (Wildman–Crippen LogP) is 3.15. The third-order valence-electron chi connectivity index (χ3n) is 3.94. The Balaban J connectivity index is 1.96. The first-order valence-electron chi connectivity index (χ1n) is 8.02. The van der Waals surface area contributed by atoms with E-state index in [0.717, 1.165) is 24.4 Å². The second-order valence-electron chi connectivity index (χ2n) is 5.89. The maximum absolute atomic E-state index is 14.0. The number of aryl methyl sites for hydroxylation is 1. The molecule has 0 aliphatic carbocycles. The van der Waals surface area contributed by atoms with Crippen molar-refractivity contribution in [1.29, 1.82) is 0 Å². The van der Waals surface area contributed by atoms with Gasteiger partial charge in [-0.1, -0.05) is 17.7 Å². The molecule has 0 aliphatic rings. The van der Waals surface area contributed by atoms with Gasteiger partial charge in [-0.3, -0.25) is 4.79 Å². The Labute approximate surface area is 169 Å². The van der Waals surface area contributed by atoms with Crippen LogP contribution in [0, 0.1) is 11.6 Å². The third kappa shape index (κ3) is 4.08. The van der Waals surface area contributed by atoms with Crippen molar-refractivity contribution in [2.75, 3.05) is 7.11 Å². The van der Waals surface area contributed by atoms with E-state index in [-0.39, 0.29) is 27.2 Å². The lowest BCUT2D eigenvalue weighted by Crippen LogP contribution is -2.31. The number of nitrogens with zero attached hydrogens (tertiary/aromatic N) is 2. The number of methoxy groups -OCH3 is 1. The van der Waals surface area contributed by atoms with Crippen LogP contribution in [0.5, 0.6) is 5.75 Å². The molecular formula is C18H14ClF2N3O4S. The number of sulfonamides is 1. The molecule has 1 heterocycles. The van der Waals surface area contributed by atoms with Crippen LogP contribution in [-0.2, 0) is 17.1 Å². The number of benzene rings is 2. The summed E-state index contributed by atoms with van der Waals surface area (Å²) in [5.41, 5.74) is -0.789. The fraction of sp³-hybridized carbons (Fsp3) is 0.111. The topological polar surface area (TPSA) is 90.3 Å². The monoisotopic (exact) mass is 441 g/mol. The zero-order valence-corrected chi connectivity index (χ0v) is 16.7. The summed E-state index contributed by atoms with van der Waals surface area (Å²) in [6.45, 7) is 0. The van der Waals surface area contributed by atoms with E-state index < -0.39 is 33.1 Å². The van der Waals surface area contributed by atoms with E-state index in [9.17, 15) is 22.0 Å². The van der Waals surface area contributed by atoms with Crippen LogP contribution in [0.15, 0.2) is 47.5 Å². The fourth-order valence-electron chi connectivity index (χ4n) is 2.61. The second kappa shape index (κ2) is 7.80. The number of hydrogen-bond acceptors (Lipinski definition) is 5. The molecule has 29 heavy (non-hydrogen) atoms. The zero-order chi connectivity index (χ0) is 21.3. The van der Waals surface area contributed by atoms with Crippen LogP contribution in [0.25, 0.3) is 11.4 Å². The van der Waals surface area contributed by atoms with E-state index in [1.807, 2.05) is 4.72 Å². The molecule has 0 fully saturated rings. The Hall–Kier alpha value is -2.98. The van der Waals surface area contributed by atoms with Gasteiger partial charge in [-0.15, -0.1) is 0 Å². The van der Waals surface area contributed by atoms with Gasteiger partial charge in [0.05, 0.1) is 12.7 Å². The lowest BCUT2D eigenvalue weighted by Gasteiger charge is -2.10. The summed E-state index contributed by atoms with van der Waals surface area (Å²) in [7, 11) is -1.69. The first-order chi connectivity index (χ1) is 13.6. The average Bonchev–Trinajstić information content (AvgIpc) is 3.03.